The van der Waals surface area contributed by atoms with Crippen LogP contribution in [0.5, 0.6) is 5.75 Å². The zero-order valence-corrected chi connectivity index (χ0v) is 15.3. The Kier molecular flexibility index (Phi) is 6.17. The molecule has 1 aliphatic rings. The third-order valence-corrected chi connectivity index (χ3v) is 5.22. The Morgan fingerprint density at radius 1 is 1.08 bits per heavy atom. The van der Waals surface area contributed by atoms with Crippen LogP contribution in [0.3, 0.4) is 0 Å². The van der Waals surface area contributed by atoms with Crippen LogP contribution in [0.2, 0.25) is 5.02 Å². The van der Waals surface area contributed by atoms with E-state index in [0.29, 0.717) is 13.2 Å². The summed E-state index contributed by atoms with van der Waals surface area (Å²) in [6.07, 6.45) is 10.4. The molecule has 0 amide bonds. The summed E-state index contributed by atoms with van der Waals surface area (Å²) in [6, 6.07) is 16.3. The van der Waals surface area contributed by atoms with Crippen LogP contribution in [-0.4, -0.2) is 6.61 Å². The highest BCUT2D eigenvalue weighted by atomic mass is 35.5. The summed E-state index contributed by atoms with van der Waals surface area (Å²) in [5, 5.41) is 0.809. The van der Waals surface area contributed by atoms with Gasteiger partial charge in [-0.3, -0.25) is 0 Å². The van der Waals surface area contributed by atoms with Crippen molar-refractivity contribution in [3.8, 4) is 5.75 Å². The second-order valence-electron chi connectivity index (χ2n) is 6.91. The van der Waals surface area contributed by atoms with Gasteiger partial charge in [0, 0.05) is 11.6 Å². The van der Waals surface area contributed by atoms with Gasteiger partial charge in [0.2, 0.25) is 0 Å². The van der Waals surface area contributed by atoms with Crippen LogP contribution in [0.15, 0.2) is 60.7 Å². The van der Waals surface area contributed by atoms with Crippen molar-refractivity contribution >= 4 is 11.6 Å². The molecule has 2 N–H and O–H groups in total. The number of hydrogen-bond donors (Lipinski definition) is 1. The zero-order valence-electron chi connectivity index (χ0n) is 14.6. The molecule has 0 fully saturated rings. The molecule has 0 aliphatic heterocycles. The highest BCUT2D eigenvalue weighted by Gasteiger charge is 2.29. The molecule has 0 saturated heterocycles. The molecule has 0 radical (unpaired) electrons. The third kappa shape index (κ3) is 5.10. The monoisotopic (exact) mass is 355 g/mol. The SMILES string of the molecule is NCc1ccc(OCCC2(Cc3cccc(Cl)c3)C=CCCC2)cc1. The standard InChI is InChI=1S/C22H26ClNO/c23-20-6-4-5-19(15-20)16-22(11-2-1-3-12-22)13-14-25-21-9-7-18(17-24)8-10-21/h2,4-11,15H,1,3,12-14,16-17,24H2. The summed E-state index contributed by atoms with van der Waals surface area (Å²) >= 11 is 6.17. The summed E-state index contributed by atoms with van der Waals surface area (Å²) in [5.41, 5.74) is 8.23. The third-order valence-electron chi connectivity index (χ3n) is 4.99. The van der Waals surface area contributed by atoms with Gasteiger partial charge in [0.15, 0.2) is 0 Å². The molecule has 1 unspecified atom stereocenters. The number of benzene rings is 2. The van der Waals surface area contributed by atoms with Gasteiger partial charge in [0.05, 0.1) is 6.61 Å². The normalized spacial score (nSPS) is 19.8. The molecule has 132 valence electrons. The van der Waals surface area contributed by atoms with Crippen molar-refractivity contribution in [1.82, 2.24) is 0 Å². The van der Waals surface area contributed by atoms with Crippen LogP contribution in [-0.2, 0) is 13.0 Å². The van der Waals surface area contributed by atoms with Crippen LogP contribution in [0.1, 0.15) is 36.8 Å². The maximum absolute atomic E-state index is 6.17. The van der Waals surface area contributed by atoms with E-state index in [4.69, 9.17) is 22.1 Å². The van der Waals surface area contributed by atoms with Gasteiger partial charge in [-0.05, 0) is 72.9 Å². The van der Waals surface area contributed by atoms with Gasteiger partial charge in [-0.15, -0.1) is 0 Å². The van der Waals surface area contributed by atoms with E-state index in [1.54, 1.807) is 0 Å². The van der Waals surface area contributed by atoms with E-state index in [2.05, 4.69) is 24.3 Å². The number of allylic oxidation sites excluding steroid dienone is 2. The van der Waals surface area contributed by atoms with Crippen LogP contribution >= 0.6 is 11.6 Å². The highest BCUT2D eigenvalue weighted by Crippen LogP contribution is 2.38. The predicted octanol–water partition coefficient (Wildman–Crippen LogP) is 5.54. The molecule has 1 atom stereocenters. The van der Waals surface area contributed by atoms with Gasteiger partial charge in [-0.2, -0.15) is 0 Å². The molecule has 3 rings (SSSR count). The Morgan fingerprint density at radius 3 is 2.60 bits per heavy atom. The molecular formula is C22H26ClNO. The summed E-state index contributed by atoms with van der Waals surface area (Å²) in [7, 11) is 0. The number of ether oxygens (including phenoxy) is 1. The molecule has 0 spiro atoms. The lowest BCUT2D eigenvalue weighted by molar-refractivity contribution is 0.216. The van der Waals surface area contributed by atoms with Gasteiger partial charge in [-0.1, -0.05) is 48.0 Å². The Morgan fingerprint density at radius 2 is 1.92 bits per heavy atom. The molecule has 0 bridgehead atoms. The van der Waals surface area contributed by atoms with Gasteiger partial charge < -0.3 is 10.5 Å². The van der Waals surface area contributed by atoms with Crippen molar-refractivity contribution in [3.05, 3.63) is 76.8 Å². The summed E-state index contributed by atoms with van der Waals surface area (Å²) in [5.74, 6) is 0.912. The van der Waals surface area contributed by atoms with E-state index < -0.39 is 0 Å². The second-order valence-corrected chi connectivity index (χ2v) is 7.35. The lowest BCUT2D eigenvalue weighted by Crippen LogP contribution is -2.26. The molecule has 0 heterocycles. The fourth-order valence-corrected chi connectivity index (χ4v) is 3.79. The zero-order chi connectivity index (χ0) is 17.5. The molecule has 2 aromatic rings. The quantitative estimate of drug-likeness (QED) is 0.662. The van der Waals surface area contributed by atoms with Crippen LogP contribution in [0.4, 0.5) is 0 Å². The lowest BCUT2D eigenvalue weighted by atomic mass is 9.72. The van der Waals surface area contributed by atoms with Crippen LogP contribution < -0.4 is 10.5 Å². The molecule has 1 aliphatic carbocycles. The first-order valence-electron chi connectivity index (χ1n) is 9.03. The first kappa shape index (κ1) is 18.0. The fourth-order valence-electron chi connectivity index (χ4n) is 3.58. The molecule has 0 aromatic heterocycles. The largest absolute Gasteiger partial charge is 0.494 e. The fraction of sp³-hybridized carbons (Fsp3) is 0.364. The maximum Gasteiger partial charge on any atom is 0.119 e. The summed E-state index contributed by atoms with van der Waals surface area (Å²) < 4.78 is 5.99. The lowest BCUT2D eigenvalue weighted by Gasteiger charge is -2.33. The molecule has 2 nitrogen and oxygen atoms in total. The highest BCUT2D eigenvalue weighted by molar-refractivity contribution is 6.30. The molecule has 2 aromatic carbocycles. The van der Waals surface area contributed by atoms with E-state index in [-0.39, 0.29) is 5.41 Å². The molecule has 0 saturated carbocycles. The van der Waals surface area contributed by atoms with Gasteiger partial charge in [-0.25, -0.2) is 0 Å². The molecule has 3 heteroatoms. The summed E-state index contributed by atoms with van der Waals surface area (Å²) in [6.45, 7) is 1.28. The maximum atomic E-state index is 6.17. The minimum Gasteiger partial charge on any atom is -0.494 e. The van der Waals surface area contributed by atoms with E-state index in [1.807, 2.05) is 36.4 Å². The van der Waals surface area contributed by atoms with E-state index in [9.17, 15) is 0 Å². The van der Waals surface area contributed by atoms with Crippen molar-refractivity contribution in [2.45, 2.75) is 38.6 Å². The predicted molar refractivity (Wildman–Crippen MR) is 105 cm³/mol. The van der Waals surface area contributed by atoms with E-state index in [0.717, 1.165) is 29.2 Å². The number of hydrogen-bond acceptors (Lipinski definition) is 2. The minimum atomic E-state index is 0.167. The first-order chi connectivity index (χ1) is 12.2. The Labute approximate surface area is 155 Å². The van der Waals surface area contributed by atoms with E-state index >= 15 is 0 Å². The Bertz CT molecular complexity index is 710. The Balaban J connectivity index is 1.64. The van der Waals surface area contributed by atoms with Gasteiger partial charge in [0.1, 0.15) is 5.75 Å². The Hall–Kier alpha value is -1.77. The molecular weight excluding hydrogens is 330 g/mol. The van der Waals surface area contributed by atoms with Crippen molar-refractivity contribution in [2.75, 3.05) is 6.61 Å². The van der Waals surface area contributed by atoms with Crippen molar-refractivity contribution < 1.29 is 4.74 Å². The van der Waals surface area contributed by atoms with Crippen molar-refractivity contribution in [1.29, 1.82) is 0 Å². The topological polar surface area (TPSA) is 35.2 Å². The molecule has 25 heavy (non-hydrogen) atoms. The summed E-state index contributed by atoms with van der Waals surface area (Å²) in [4.78, 5) is 0. The van der Waals surface area contributed by atoms with Crippen LogP contribution in [0.25, 0.3) is 0 Å². The van der Waals surface area contributed by atoms with Crippen molar-refractivity contribution in [3.63, 3.8) is 0 Å². The van der Waals surface area contributed by atoms with Gasteiger partial charge in [0.25, 0.3) is 0 Å². The smallest absolute Gasteiger partial charge is 0.119 e. The van der Waals surface area contributed by atoms with Crippen LogP contribution in [0, 0.1) is 5.41 Å². The number of nitrogens with two attached hydrogens (primary N) is 1. The number of halogens is 1. The minimum absolute atomic E-state index is 0.167. The van der Waals surface area contributed by atoms with E-state index in [1.165, 1.54) is 24.8 Å². The van der Waals surface area contributed by atoms with Crippen molar-refractivity contribution in [2.24, 2.45) is 11.1 Å². The van der Waals surface area contributed by atoms with Gasteiger partial charge >= 0.3 is 0 Å². The first-order valence-corrected chi connectivity index (χ1v) is 9.41. The average molecular weight is 356 g/mol. The second kappa shape index (κ2) is 8.55. The average Bonchev–Trinajstić information content (AvgIpc) is 2.63. The number of rotatable bonds is 7.